The van der Waals surface area contributed by atoms with Crippen molar-refractivity contribution in [1.29, 1.82) is 0 Å². The highest BCUT2D eigenvalue weighted by molar-refractivity contribution is 7.09. The van der Waals surface area contributed by atoms with Gasteiger partial charge in [-0.1, -0.05) is 12.5 Å². The Kier molecular flexibility index (Phi) is 3.89. The first-order valence-electron chi connectivity index (χ1n) is 5.53. The average molecular weight is 229 g/mol. The van der Waals surface area contributed by atoms with Crippen molar-refractivity contribution in [2.45, 2.75) is 43.9 Å². The summed E-state index contributed by atoms with van der Waals surface area (Å²) in [6.45, 7) is 0. The minimum absolute atomic E-state index is 0.471. The first-order valence-corrected chi connectivity index (χ1v) is 6.84. The van der Waals surface area contributed by atoms with E-state index in [0.717, 1.165) is 5.92 Å². The van der Waals surface area contributed by atoms with E-state index < -0.39 is 0 Å². The second-order valence-corrected chi connectivity index (χ2v) is 5.77. The molecule has 1 aliphatic carbocycles. The van der Waals surface area contributed by atoms with Crippen LogP contribution >= 0.6 is 22.9 Å². The summed E-state index contributed by atoms with van der Waals surface area (Å²) < 4.78 is 0. The Labute approximate surface area is 95.3 Å². The van der Waals surface area contributed by atoms with Crippen LogP contribution in [-0.2, 0) is 6.42 Å². The van der Waals surface area contributed by atoms with Crippen LogP contribution in [0.1, 0.15) is 37.0 Å². The van der Waals surface area contributed by atoms with Crippen LogP contribution in [-0.4, -0.2) is 5.38 Å². The first kappa shape index (κ1) is 10.5. The highest BCUT2D eigenvalue weighted by Gasteiger charge is 2.28. The monoisotopic (exact) mass is 228 g/mol. The fourth-order valence-electron chi connectivity index (χ4n) is 1.79. The van der Waals surface area contributed by atoms with E-state index in [-0.39, 0.29) is 0 Å². The first-order chi connectivity index (χ1) is 6.86. The summed E-state index contributed by atoms with van der Waals surface area (Å²) in [6, 6.07) is 4.36. The Hall–Kier alpha value is -0.0100. The van der Waals surface area contributed by atoms with E-state index >= 15 is 0 Å². The lowest BCUT2D eigenvalue weighted by atomic mass is 10.1. The number of thiophene rings is 1. The van der Waals surface area contributed by atoms with Gasteiger partial charge in [0.25, 0.3) is 0 Å². The van der Waals surface area contributed by atoms with Gasteiger partial charge < -0.3 is 0 Å². The van der Waals surface area contributed by atoms with Crippen LogP contribution in [0.4, 0.5) is 0 Å². The topological polar surface area (TPSA) is 0 Å². The molecule has 0 bridgehead atoms. The van der Waals surface area contributed by atoms with Gasteiger partial charge in [-0.2, -0.15) is 0 Å². The third-order valence-corrected chi connectivity index (χ3v) is 4.38. The zero-order chi connectivity index (χ0) is 9.80. The molecule has 2 heteroatoms. The predicted molar refractivity (Wildman–Crippen MR) is 64.2 cm³/mol. The summed E-state index contributed by atoms with van der Waals surface area (Å²) in [5, 5.41) is 2.63. The van der Waals surface area contributed by atoms with E-state index in [1.807, 2.05) is 11.3 Å². The standard InChI is InChI=1S/C12H17ClS/c13-12(10-7-8-10)6-2-1-4-11-5-3-9-14-11/h3,5,9-10,12H,1-2,4,6-8H2. The second-order valence-electron chi connectivity index (χ2n) is 4.18. The summed E-state index contributed by atoms with van der Waals surface area (Å²) in [5.41, 5.74) is 0. The van der Waals surface area contributed by atoms with Gasteiger partial charge in [-0.15, -0.1) is 22.9 Å². The molecule has 0 aromatic carbocycles. The number of hydrogen-bond acceptors (Lipinski definition) is 1. The van der Waals surface area contributed by atoms with Gasteiger partial charge in [0.05, 0.1) is 0 Å². The lowest BCUT2D eigenvalue weighted by Crippen LogP contribution is -2.00. The molecule has 1 fully saturated rings. The van der Waals surface area contributed by atoms with Crippen molar-refractivity contribution in [1.82, 2.24) is 0 Å². The molecule has 1 heterocycles. The van der Waals surface area contributed by atoms with Crippen LogP contribution in [0, 0.1) is 5.92 Å². The van der Waals surface area contributed by atoms with E-state index in [1.165, 1.54) is 43.4 Å². The zero-order valence-electron chi connectivity index (χ0n) is 8.42. The van der Waals surface area contributed by atoms with Crippen LogP contribution in [0.15, 0.2) is 17.5 Å². The van der Waals surface area contributed by atoms with Crippen molar-refractivity contribution in [2.24, 2.45) is 5.92 Å². The molecule has 1 aliphatic rings. The van der Waals surface area contributed by atoms with Crippen molar-refractivity contribution in [3.63, 3.8) is 0 Å². The lowest BCUT2D eigenvalue weighted by Gasteiger charge is -2.06. The molecule has 2 rings (SSSR count). The molecule has 0 radical (unpaired) electrons. The summed E-state index contributed by atoms with van der Waals surface area (Å²) in [7, 11) is 0. The molecule has 0 N–H and O–H groups in total. The molecule has 0 saturated heterocycles. The maximum absolute atomic E-state index is 6.24. The van der Waals surface area contributed by atoms with Crippen molar-refractivity contribution in [3.8, 4) is 0 Å². The maximum Gasteiger partial charge on any atom is 0.0364 e. The number of rotatable bonds is 6. The predicted octanol–water partition coefficient (Wildman–Crippen LogP) is 4.48. The fraction of sp³-hybridized carbons (Fsp3) is 0.667. The largest absolute Gasteiger partial charge is 0.149 e. The molecule has 0 amide bonds. The fourth-order valence-corrected chi connectivity index (χ4v) is 2.94. The van der Waals surface area contributed by atoms with Crippen molar-refractivity contribution in [2.75, 3.05) is 0 Å². The molecule has 1 unspecified atom stereocenters. The molecule has 1 aromatic rings. The zero-order valence-corrected chi connectivity index (χ0v) is 9.99. The van der Waals surface area contributed by atoms with Crippen LogP contribution in [0.3, 0.4) is 0 Å². The van der Waals surface area contributed by atoms with E-state index in [2.05, 4.69) is 17.5 Å². The minimum atomic E-state index is 0.471. The van der Waals surface area contributed by atoms with Gasteiger partial charge >= 0.3 is 0 Å². The summed E-state index contributed by atoms with van der Waals surface area (Å²) >= 11 is 8.11. The molecule has 1 aromatic heterocycles. The normalized spacial score (nSPS) is 18.4. The Balaban J connectivity index is 1.54. The Morgan fingerprint density at radius 3 is 2.93 bits per heavy atom. The minimum Gasteiger partial charge on any atom is -0.149 e. The average Bonchev–Trinajstić information content (AvgIpc) is 2.92. The highest BCUT2D eigenvalue weighted by atomic mass is 35.5. The molecule has 0 nitrogen and oxygen atoms in total. The van der Waals surface area contributed by atoms with E-state index in [0.29, 0.717) is 5.38 Å². The van der Waals surface area contributed by atoms with E-state index in [4.69, 9.17) is 11.6 Å². The number of hydrogen-bond donors (Lipinski definition) is 0. The third kappa shape index (κ3) is 3.29. The van der Waals surface area contributed by atoms with E-state index in [1.54, 1.807) is 0 Å². The molecule has 0 spiro atoms. The molecular formula is C12H17ClS. The summed E-state index contributed by atoms with van der Waals surface area (Å²) in [5.74, 6) is 0.860. The van der Waals surface area contributed by atoms with Gasteiger partial charge in [0.1, 0.15) is 0 Å². The summed E-state index contributed by atoms with van der Waals surface area (Å²) in [4.78, 5) is 1.52. The third-order valence-electron chi connectivity index (χ3n) is 2.87. The number of alkyl halides is 1. The Morgan fingerprint density at radius 2 is 2.29 bits per heavy atom. The lowest BCUT2D eigenvalue weighted by molar-refractivity contribution is 0.612. The van der Waals surface area contributed by atoms with Gasteiger partial charge in [0.2, 0.25) is 0 Å². The maximum atomic E-state index is 6.24. The van der Waals surface area contributed by atoms with Gasteiger partial charge in [-0.25, -0.2) is 0 Å². The van der Waals surface area contributed by atoms with Gasteiger partial charge in [-0.05, 0) is 49.5 Å². The Bertz CT molecular complexity index is 251. The van der Waals surface area contributed by atoms with Crippen LogP contribution in [0.5, 0.6) is 0 Å². The Morgan fingerprint density at radius 1 is 1.43 bits per heavy atom. The van der Waals surface area contributed by atoms with Gasteiger partial charge in [0.15, 0.2) is 0 Å². The number of halogens is 1. The molecule has 1 atom stereocenters. The molecule has 78 valence electrons. The van der Waals surface area contributed by atoms with E-state index in [9.17, 15) is 0 Å². The molecule has 14 heavy (non-hydrogen) atoms. The highest BCUT2D eigenvalue weighted by Crippen LogP contribution is 2.37. The van der Waals surface area contributed by atoms with Gasteiger partial charge in [0, 0.05) is 10.3 Å². The van der Waals surface area contributed by atoms with Crippen LogP contribution in [0.25, 0.3) is 0 Å². The summed E-state index contributed by atoms with van der Waals surface area (Å²) in [6.07, 6.45) is 7.81. The number of aryl methyl sites for hydroxylation is 1. The molecule has 0 aliphatic heterocycles. The SMILES string of the molecule is ClC(CCCCc1cccs1)C1CC1. The number of unbranched alkanes of at least 4 members (excludes halogenated alkanes) is 1. The van der Waals surface area contributed by atoms with Crippen molar-refractivity contribution < 1.29 is 0 Å². The second kappa shape index (κ2) is 5.18. The smallest absolute Gasteiger partial charge is 0.0364 e. The van der Waals surface area contributed by atoms with Gasteiger partial charge in [-0.3, -0.25) is 0 Å². The molecule has 1 saturated carbocycles. The quantitative estimate of drug-likeness (QED) is 0.498. The van der Waals surface area contributed by atoms with Crippen LogP contribution < -0.4 is 0 Å². The van der Waals surface area contributed by atoms with Crippen molar-refractivity contribution >= 4 is 22.9 Å². The van der Waals surface area contributed by atoms with Crippen LogP contribution in [0.2, 0.25) is 0 Å². The van der Waals surface area contributed by atoms with Crippen molar-refractivity contribution in [3.05, 3.63) is 22.4 Å². The molecular weight excluding hydrogens is 212 g/mol.